The van der Waals surface area contributed by atoms with Crippen LogP contribution < -0.4 is 25.1 Å². The number of alkyl halides is 1. The van der Waals surface area contributed by atoms with E-state index in [-0.39, 0.29) is 34.3 Å². The Kier molecular flexibility index (Phi) is 12.8. The molecule has 0 radical (unpaired) electrons. The van der Waals surface area contributed by atoms with Gasteiger partial charge in [0.15, 0.2) is 23.0 Å². The van der Waals surface area contributed by atoms with Crippen molar-refractivity contribution in [1.29, 1.82) is 0 Å². The molecule has 2 aliphatic heterocycles. The minimum absolute atomic E-state index is 0.0987. The van der Waals surface area contributed by atoms with Crippen molar-refractivity contribution in [2.24, 2.45) is 0 Å². The fourth-order valence-corrected chi connectivity index (χ4v) is 3.98. The smallest absolute Gasteiger partial charge is 0.494 e. The van der Waals surface area contributed by atoms with Crippen LogP contribution in [0.25, 0.3) is 0 Å². The van der Waals surface area contributed by atoms with Gasteiger partial charge in [-0.25, -0.2) is 0 Å². The van der Waals surface area contributed by atoms with Gasteiger partial charge in [0.05, 0.1) is 42.7 Å². The van der Waals surface area contributed by atoms with E-state index < -0.39 is 14.2 Å². The minimum Gasteiger partial charge on any atom is -0.504 e. The van der Waals surface area contributed by atoms with Gasteiger partial charge in [-0.05, 0) is 104 Å². The molecule has 2 fully saturated rings. The first-order chi connectivity index (χ1) is 19.7. The van der Waals surface area contributed by atoms with Gasteiger partial charge in [-0.3, -0.25) is 0 Å². The molecule has 2 aromatic rings. The van der Waals surface area contributed by atoms with Gasteiger partial charge in [0.1, 0.15) is 0 Å². The van der Waals surface area contributed by atoms with Gasteiger partial charge in [0.25, 0.3) is 0 Å². The van der Waals surface area contributed by atoms with E-state index >= 15 is 0 Å². The summed E-state index contributed by atoms with van der Waals surface area (Å²) in [5.74, 6) is 1.95. The molecule has 0 unspecified atom stereocenters. The summed E-state index contributed by atoms with van der Waals surface area (Å²) in [6.07, 6.45) is 0.0987. The Balaban J connectivity index is 0.000000269. The maximum absolute atomic E-state index is 9.58. The largest absolute Gasteiger partial charge is 0.504 e. The SMILES string of the molecule is CC(C)I.COc1cc(B2OC(C)(C)C(C)(C)O2)ccc1O.COc1cc(B2OC(C)(C)C(C)(C)O2)ccc1OC(C)C. The van der Waals surface area contributed by atoms with Crippen molar-refractivity contribution in [1.82, 2.24) is 0 Å². The second kappa shape index (κ2) is 14.6. The Bertz CT molecular complexity index is 1170. The molecule has 1 N–H and O–H groups in total. The van der Waals surface area contributed by atoms with Crippen molar-refractivity contribution in [2.75, 3.05) is 14.2 Å². The summed E-state index contributed by atoms with van der Waals surface area (Å²) < 4.78 is 41.0. The Morgan fingerprint density at radius 3 is 1.33 bits per heavy atom. The number of ether oxygens (including phenoxy) is 3. The summed E-state index contributed by atoms with van der Waals surface area (Å²) in [6, 6.07) is 10.9. The first kappa shape index (κ1) is 37.5. The molecule has 8 nitrogen and oxygen atoms in total. The van der Waals surface area contributed by atoms with Gasteiger partial charge in [0, 0.05) is 3.92 Å². The van der Waals surface area contributed by atoms with Gasteiger partial charge >= 0.3 is 14.2 Å². The first-order valence-corrected chi connectivity index (χ1v) is 16.0. The molecule has 0 bridgehead atoms. The number of aromatic hydroxyl groups is 1. The maximum atomic E-state index is 9.58. The summed E-state index contributed by atoms with van der Waals surface area (Å²) in [7, 11) is 2.32. The average Bonchev–Trinajstić information content (AvgIpc) is 3.23. The molecule has 4 rings (SSSR count). The van der Waals surface area contributed by atoms with Crippen LogP contribution in [0, 0.1) is 0 Å². The Morgan fingerprint density at radius 2 is 0.977 bits per heavy atom. The zero-order valence-corrected chi connectivity index (χ0v) is 30.6. The quantitative estimate of drug-likeness (QED) is 0.212. The maximum Gasteiger partial charge on any atom is 0.494 e. The van der Waals surface area contributed by atoms with Crippen LogP contribution >= 0.6 is 22.6 Å². The molecule has 0 aromatic heterocycles. The van der Waals surface area contributed by atoms with Crippen molar-refractivity contribution >= 4 is 47.8 Å². The monoisotopic (exact) mass is 712 g/mol. The van der Waals surface area contributed by atoms with E-state index in [0.29, 0.717) is 11.5 Å². The zero-order valence-electron chi connectivity index (χ0n) is 28.5. The van der Waals surface area contributed by atoms with Gasteiger partial charge in [0.2, 0.25) is 0 Å². The van der Waals surface area contributed by atoms with Gasteiger partial charge in [-0.2, -0.15) is 0 Å². The highest BCUT2D eigenvalue weighted by Crippen LogP contribution is 2.38. The van der Waals surface area contributed by atoms with Crippen LogP contribution in [0.5, 0.6) is 23.0 Å². The molecule has 0 saturated carbocycles. The fraction of sp³-hybridized carbons (Fsp3) is 0.625. The third kappa shape index (κ3) is 9.66. The summed E-state index contributed by atoms with van der Waals surface area (Å²) in [6.45, 7) is 24.5. The van der Waals surface area contributed by atoms with Gasteiger partial charge in [-0.15, -0.1) is 0 Å². The number of rotatable bonds is 6. The topological polar surface area (TPSA) is 84.8 Å². The highest BCUT2D eigenvalue weighted by atomic mass is 127. The summed E-state index contributed by atoms with van der Waals surface area (Å²) >= 11 is 2.34. The second-order valence-electron chi connectivity index (χ2n) is 13.2. The van der Waals surface area contributed by atoms with Gasteiger partial charge < -0.3 is 37.9 Å². The molecular formula is C32H51B2IO8. The Morgan fingerprint density at radius 1 is 0.628 bits per heavy atom. The normalized spacial score (nSPS) is 19.4. The summed E-state index contributed by atoms with van der Waals surface area (Å²) in [4.78, 5) is 0. The lowest BCUT2D eigenvalue weighted by molar-refractivity contribution is 0.00578. The predicted molar refractivity (Wildman–Crippen MR) is 184 cm³/mol. The molecule has 2 aliphatic rings. The van der Waals surface area contributed by atoms with E-state index in [2.05, 4.69) is 36.4 Å². The molecule has 11 heteroatoms. The molecule has 43 heavy (non-hydrogen) atoms. The molecule has 0 spiro atoms. The number of methoxy groups -OCH3 is 2. The van der Waals surface area contributed by atoms with Crippen molar-refractivity contribution in [3.63, 3.8) is 0 Å². The number of hydrogen-bond donors (Lipinski definition) is 1. The summed E-state index contributed by atoms with van der Waals surface area (Å²) in [5, 5.41) is 9.58. The minimum atomic E-state index is -0.440. The van der Waals surface area contributed by atoms with Crippen LogP contribution in [0.1, 0.15) is 83.1 Å². The van der Waals surface area contributed by atoms with Crippen LogP contribution in [0.4, 0.5) is 0 Å². The van der Waals surface area contributed by atoms with Crippen molar-refractivity contribution in [3.05, 3.63) is 36.4 Å². The molecule has 0 atom stereocenters. The molecular weight excluding hydrogens is 661 g/mol. The Labute approximate surface area is 273 Å². The highest BCUT2D eigenvalue weighted by molar-refractivity contribution is 14.1. The highest BCUT2D eigenvalue weighted by Gasteiger charge is 2.52. The number of benzene rings is 2. The standard InChI is InChI=1S/C16H25BO4.C13H19BO4.C3H7I/c1-11(2)19-13-9-8-12(10-14(13)18-7)17-20-15(3,4)16(5,6)21-17;1-12(2)13(3,4)18-14(17-12)9-6-7-10(15)11(8-9)16-5;1-3(2)4/h8-11H,1-7H3;6-8,15H,1-5H3;3H,1-2H3. The molecule has 0 aliphatic carbocycles. The van der Waals surface area contributed by atoms with Crippen LogP contribution in [0.3, 0.4) is 0 Å². The number of phenolic OH excluding ortho intramolecular Hbond substituents is 1. The molecule has 2 aromatic carbocycles. The predicted octanol–water partition coefficient (Wildman–Crippen LogP) is 6.31. The van der Waals surface area contributed by atoms with E-state index in [9.17, 15) is 5.11 Å². The van der Waals surface area contributed by atoms with E-state index in [1.54, 1.807) is 25.3 Å². The number of halogens is 1. The van der Waals surface area contributed by atoms with Crippen molar-refractivity contribution < 1.29 is 37.9 Å². The lowest BCUT2D eigenvalue weighted by Crippen LogP contribution is -2.41. The van der Waals surface area contributed by atoms with E-state index in [4.69, 9.17) is 32.8 Å². The second-order valence-corrected chi connectivity index (χ2v) is 15.7. The van der Waals surface area contributed by atoms with E-state index in [1.807, 2.05) is 87.4 Å². The van der Waals surface area contributed by atoms with Crippen LogP contribution in [-0.2, 0) is 18.6 Å². The van der Waals surface area contributed by atoms with E-state index in [1.165, 1.54) is 7.11 Å². The number of phenols is 1. The Hall–Kier alpha value is -1.66. The van der Waals surface area contributed by atoms with E-state index in [0.717, 1.165) is 20.6 Å². The molecule has 0 amide bonds. The third-order valence-corrected chi connectivity index (χ3v) is 7.80. The molecule has 2 saturated heterocycles. The van der Waals surface area contributed by atoms with Crippen molar-refractivity contribution in [2.45, 2.75) is 116 Å². The summed E-state index contributed by atoms with van der Waals surface area (Å²) in [5.41, 5.74) is 0.326. The zero-order chi connectivity index (χ0) is 33.0. The lowest BCUT2D eigenvalue weighted by Gasteiger charge is -2.32. The van der Waals surface area contributed by atoms with Crippen LogP contribution in [-0.4, -0.2) is 66.0 Å². The lowest BCUT2D eigenvalue weighted by atomic mass is 9.79. The van der Waals surface area contributed by atoms with Crippen LogP contribution in [0.15, 0.2) is 36.4 Å². The van der Waals surface area contributed by atoms with Gasteiger partial charge in [-0.1, -0.05) is 48.6 Å². The van der Waals surface area contributed by atoms with Crippen LogP contribution in [0.2, 0.25) is 0 Å². The molecule has 240 valence electrons. The third-order valence-electron chi connectivity index (χ3n) is 7.80. The number of hydrogen-bond acceptors (Lipinski definition) is 8. The van der Waals surface area contributed by atoms with Crippen molar-refractivity contribution in [3.8, 4) is 23.0 Å². The fourth-order valence-electron chi connectivity index (χ4n) is 3.98. The molecule has 2 heterocycles. The average molecular weight is 712 g/mol. The first-order valence-electron chi connectivity index (χ1n) is 14.7.